The van der Waals surface area contributed by atoms with Crippen LogP contribution in [-0.4, -0.2) is 9.55 Å². The summed E-state index contributed by atoms with van der Waals surface area (Å²) in [6.45, 7) is 6.83. The monoisotopic (exact) mass is 492 g/mol. The lowest BCUT2D eigenvalue weighted by Crippen LogP contribution is -2.16. The Balaban J connectivity index is 1.64. The lowest BCUT2D eigenvalue weighted by atomic mass is 9.83. The quantitative estimate of drug-likeness (QED) is 0.246. The van der Waals surface area contributed by atoms with Crippen LogP contribution in [-0.2, 0) is 5.41 Å². The fraction of sp³-hybridized carbons (Fsp3) is 0.114. The summed E-state index contributed by atoms with van der Waals surface area (Å²) in [4.78, 5) is 5.24. The van der Waals surface area contributed by atoms with Crippen LogP contribution in [0.3, 0.4) is 0 Å². The van der Waals surface area contributed by atoms with Crippen LogP contribution < -0.4 is 0 Å². The molecular formula is C35H28N2O. The molecule has 0 saturated carbocycles. The Morgan fingerprint density at radius 2 is 1.32 bits per heavy atom. The Bertz CT molecular complexity index is 1950. The van der Waals surface area contributed by atoms with Crippen molar-refractivity contribution in [2.45, 2.75) is 26.2 Å². The van der Waals surface area contributed by atoms with Crippen molar-refractivity contribution in [3.8, 4) is 28.2 Å². The van der Waals surface area contributed by atoms with E-state index < -0.39 is 0 Å². The Labute approximate surface area is 222 Å². The van der Waals surface area contributed by atoms with Crippen molar-refractivity contribution < 1.29 is 4.42 Å². The summed E-state index contributed by atoms with van der Waals surface area (Å²) < 4.78 is 8.83. The van der Waals surface area contributed by atoms with Gasteiger partial charge in [0.05, 0.1) is 22.3 Å². The highest BCUT2D eigenvalue weighted by Crippen LogP contribution is 2.42. The van der Waals surface area contributed by atoms with Crippen LogP contribution in [0.5, 0.6) is 0 Å². The predicted molar refractivity (Wildman–Crippen MR) is 158 cm³/mol. The van der Waals surface area contributed by atoms with Gasteiger partial charge in [0.25, 0.3) is 0 Å². The zero-order chi connectivity index (χ0) is 25.9. The van der Waals surface area contributed by atoms with Gasteiger partial charge in [0.1, 0.15) is 17.0 Å². The first-order valence-electron chi connectivity index (χ1n) is 13.1. The predicted octanol–water partition coefficient (Wildman–Crippen LogP) is 9.56. The third-order valence-electron chi connectivity index (χ3n) is 7.36. The molecule has 7 aromatic rings. The van der Waals surface area contributed by atoms with Crippen molar-refractivity contribution in [2.75, 3.05) is 0 Å². The molecule has 0 bridgehead atoms. The van der Waals surface area contributed by atoms with E-state index in [4.69, 9.17) is 9.40 Å². The van der Waals surface area contributed by atoms with Crippen LogP contribution in [0.4, 0.5) is 0 Å². The molecule has 2 aromatic heterocycles. The van der Waals surface area contributed by atoms with Crippen LogP contribution in [0.25, 0.3) is 61.2 Å². The van der Waals surface area contributed by atoms with Crippen molar-refractivity contribution in [1.29, 1.82) is 0 Å². The van der Waals surface area contributed by atoms with Gasteiger partial charge in [-0.3, -0.25) is 4.57 Å². The number of para-hydroxylation sites is 5. The number of fused-ring (bicyclic) bond motifs is 4. The van der Waals surface area contributed by atoms with E-state index in [0.717, 1.165) is 50.0 Å². The van der Waals surface area contributed by atoms with E-state index in [1.807, 2.05) is 12.1 Å². The van der Waals surface area contributed by atoms with E-state index in [2.05, 4.69) is 128 Å². The Morgan fingerprint density at radius 3 is 2.16 bits per heavy atom. The molecule has 0 radical (unpaired) electrons. The van der Waals surface area contributed by atoms with Gasteiger partial charge in [-0.15, -0.1) is 0 Å². The molecule has 0 atom stereocenters. The Hall–Kier alpha value is -4.63. The SMILES string of the molecule is CC(C)(C)c1cccc(-c2ccccc2)c1-n1c(-c2cccc3c2oc2ccccc23)nc2ccccc21. The maximum absolute atomic E-state index is 6.48. The average molecular weight is 493 g/mol. The molecule has 2 heterocycles. The number of nitrogens with zero attached hydrogens (tertiary/aromatic N) is 2. The molecule has 0 saturated heterocycles. The highest BCUT2D eigenvalue weighted by atomic mass is 16.3. The minimum Gasteiger partial charge on any atom is -0.455 e. The number of benzene rings is 5. The molecule has 7 rings (SSSR count). The fourth-order valence-electron chi connectivity index (χ4n) is 5.60. The lowest BCUT2D eigenvalue weighted by molar-refractivity contribution is 0.587. The molecule has 0 aliphatic rings. The molecule has 0 aliphatic carbocycles. The Morgan fingerprint density at radius 1 is 0.632 bits per heavy atom. The molecular weight excluding hydrogens is 464 g/mol. The van der Waals surface area contributed by atoms with E-state index in [-0.39, 0.29) is 5.41 Å². The summed E-state index contributed by atoms with van der Waals surface area (Å²) in [5.41, 5.74) is 9.45. The van der Waals surface area contributed by atoms with Gasteiger partial charge in [-0.2, -0.15) is 0 Å². The van der Waals surface area contributed by atoms with Gasteiger partial charge in [0.15, 0.2) is 0 Å². The van der Waals surface area contributed by atoms with Crippen LogP contribution in [0, 0.1) is 0 Å². The summed E-state index contributed by atoms with van der Waals surface area (Å²) in [6.07, 6.45) is 0. The van der Waals surface area contributed by atoms with E-state index in [1.165, 1.54) is 16.7 Å². The second-order valence-corrected chi connectivity index (χ2v) is 10.9. The third-order valence-corrected chi connectivity index (χ3v) is 7.36. The maximum atomic E-state index is 6.48. The molecule has 0 fully saturated rings. The van der Waals surface area contributed by atoms with Crippen molar-refractivity contribution in [1.82, 2.24) is 9.55 Å². The van der Waals surface area contributed by atoms with Crippen molar-refractivity contribution in [3.63, 3.8) is 0 Å². The Kier molecular flexibility index (Phi) is 5.02. The summed E-state index contributed by atoms with van der Waals surface area (Å²) >= 11 is 0. The van der Waals surface area contributed by atoms with E-state index in [9.17, 15) is 0 Å². The van der Waals surface area contributed by atoms with Gasteiger partial charge in [-0.1, -0.05) is 112 Å². The highest BCUT2D eigenvalue weighted by molar-refractivity contribution is 6.09. The summed E-state index contributed by atoms with van der Waals surface area (Å²) in [5.74, 6) is 0.879. The fourth-order valence-corrected chi connectivity index (χ4v) is 5.60. The van der Waals surface area contributed by atoms with Gasteiger partial charge in [-0.05, 0) is 40.8 Å². The second kappa shape index (κ2) is 8.46. The zero-order valence-corrected chi connectivity index (χ0v) is 21.8. The first kappa shape index (κ1) is 22.6. The molecule has 38 heavy (non-hydrogen) atoms. The number of imidazole rings is 1. The van der Waals surface area contributed by atoms with Crippen LogP contribution in [0.1, 0.15) is 26.3 Å². The first-order chi connectivity index (χ1) is 18.5. The van der Waals surface area contributed by atoms with Crippen LogP contribution >= 0.6 is 0 Å². The third kappa shape index (κ3) is 3.47. The maximum Gasteiger partial charge on any atom is 0.149 e. The normalized spacial score (nSPS) is 12.1. The molecule has 184 valence electrons. The topological polar surface area (TPSA) is 31.0 Å². The van der Waals surface area contributed by atoms with E-state index >= 15 is 0 Å². The molecule has 0 spiro atoms. The van der Waals surface area contributed by atoms with Crippen molar-refractivity contribution in [2.24, 2.45) is 0 Å². The minimum atomic E-state index is -0.0891. The number of aromatic nitrogens is 2. The minimum absolute atomic E-state index is 0.0891. The van der Waals surface area contributed by atoms with Crippen LogP contribution in [0.2, 0.25) is 0 Å². The van der Waals surface area contributed by atoms with Gasteiger partial charge < -0.3 is 4.42 Å². The van der Waals surface area contributed by atoms with Gasteiger partial charge in [-0.25, -0.2) is 4.98 Å². The number of hydrogen-bond donors (Lipinski definition) is 0. The summed E-state index contributed by atoms with van der Waals surface area (Å²) in [7, 11) is 0. The van der Waals surface area contributed by atoms with Crippen molar-refractivity contribution >= 4 is 33.0 Å². The van der Waals surface area contributed by atoms with Crippen molar-refractivity contribution in [3.05, 3.63) is 121 Å². The summed E-state index contributed by atoms with van der Waals surface area (Å²) in [5, 5.41) is 2.22. The molecule has 5 aromatic carbocycles. The van der Waals surface area contributed by atoms with E-state index in [1.54, 1.807) is 0 Å². The number of hydrogen-bond acceptors (Lipinski definition) is 2. The standard InChI is InChI=1S/C35H28N2O/c1-35(2,3)28-19-12-16-24(23-13-5-4-6-14-23)32(28)37-30-21-9-8-20-29(30)36-34(37)27-18-11-17-26-25-15-7-10-22-31(25)38-33(26)27/h4-22H,1-3H3. The number of rotatable bonds is 3. The lowest BCUT2D eigenvalue weighted by Gasteiger charge is -2.27. The van der Waals surface area contributed by atoms with Gasteiger partial charge in [0, 0.05) is 16.3 Å². The van der Waals surface area contributed by atoms with Crippen LogP contribution in [0.15, 0.2) is 120 Å². The smallest absolute Gasteiger partial charge is 0.149 e. The zero-order valence-electron chi connectivity index (χ0n) is 21.8. The highest BCUT2D eigenvalue weighted by Gasteiger charge is 2.27. The molecule has 3 heteroatoms. The molecule has 0 aliphatic heterocycles. The molecule has 3 nitrogen and oxygen atoms in total. The molecule has 0 amide bonds. The molecule has 0 N–H and O–H groups in total. The average Bonchev–Trinajstić information content (AvgIpc) is 3.51. The molecule has 0 unspecified atom stereocenters. The van der Waals surface area contributed by atoms with Gasteiger partial charge >= 0.3 is 0 Å². The largest absolute Gasteiger partial charge is 0.455 e. The van der Waals surface area contributed by atoms with Gasteiger partial charge in [0.2, 0.25) is 0 Å². The first-order valence-corrected chi connectivity index (χ1v) is 13.1. The second-order valence-electron chi connectivity index (χ2n) is 10.9. The number of furan rings is 1. The summed E-state index contributed by atoms with van der Waals surface area (Å²) in [6, 6.07) is 40.3. The van der Waals surface area contributed by atoms with E-state index in [0.29, 0.717) is 0 Å².